The van der Waals surface area contributed by atoms with Crippen molar-refractivity contribution >= 4 is 17.5 Å². The van der Waals surface area contributed by atoms with E-state index < -0.39 is 0 Å². The van der Waals surface area contributed by atoms with E-state index in [4.69, 9.17) is 0 Å². The van der Waals surface area contributed by atoms with Gasteiger partial charge >= 0.3 is 0 Å². The maximum absolute atomic E-state index is 12.9. The van der Waals surface area contributed by atoms with Crippen LogP contribution in [0.25, 0.3) is 0 Å². The number of carbonyl (C=O) groups is 2. The molecule has 146 valence electrons. The Morgan fingerprint density at radius 1 is 1.11 bits per heavy atom. The van der Waals surface area contributed by atoms with Crippen molar-refractivity contribution in [1.82, 2.24) is 20.2 Å². The van der Waals surface area contributed by atoms with Crippen LogP contribution in [0.15, 0.2) is 42.9 Å². The van der Waals surface area contributed by atoms with E-state index in [1.165, 1.54) is 18.0 Å². The van der Waals surface area contributed by atoms with Crippen molar-refractivity contribution in [3.05, 3.63) is 54.1 Å². The maximum atomic E-state index is 12.9. The minimum Gasteiger partial charge on any atom is -0.348 e. The van der Waals surface area contributed by atoms with Crippen molar-refractivity contribution in [2.45, 2.75) is 31.7 Å². The van der Waals surface area contributed by atoms with E-state index in [9.17, 15) is 9.59 Å². The number of hydrogen-bond donors (Lipinski definition) is 1. The summed E-state index contributed by atoms with van der Waals surface area (Å²) < 4.78 is 0. The Bertz CT molecular complexity index is 834. The van der Waals surface area contributed by atoms with Gasteiger partial charge in [-0.25, -0.2) is 4.98 Å². The first kappa shape index (κ1) is 18.6. The first-order chi connectivity index (χ1) is 13.7. The summed E-state index contributed by atoms with van der Waals surface area (Å²) in [6, 6.07) is 8.29. The summed E-state index contributed by atoms with van der Waals surface area (Å²) >= 11 is 0. The Hall–Kier alpha value is -2.80. The van der Waals surface area contributed by atoms with Crippen LogP contribution in [0.1, 0.15) is 35.3 Å². The smallest absolute Gasteiger partial charge is 0.271 e. The minimum absolute atomic E-state index is 0.108. The predicted octanol–water partition coefficient (Wildman–Crippen LogP) is 1.65. The number of fused-ring (bicyclic) bond motifs is 1. The second-order valence-corrected chi connectivity index (χ2v) is 7.39. The molecule has 1 aromatic carbocycles. The predicted molar refractivity (Wildman–Crippen MR) is 106 cm³/mol. The van der Waals surface area contributed by atoms with E-state index in [1.54, 1.807) is 6.20 Å². The third-order valence-corrected chi connectivity index (χ3v) is 5.49. The highest BCUT2D eigenvalue weighted by Gasteiger charge is 2.27. The number of piperidine rings is 1. The molecular weight excluding hydrogens is 354 g/mol. The quantitative estimate of drug-likeness (QED) is 0.874. The van der Waals surface area contributed by atoms with Crippen LogP contribution in [0, 0.1) is 0 Å². The van der Waals surface area contributed by atoms with Crippen molar-refractivity contribution in [2.75, 3.05) is 31.1 Å². The van der Waals surface area contributed by atoms with Gasteiger partial charge in [0, 0.05) is 43.8 Å². The number of nitrogens with zero attached hydrogens (tertiary/aromatic N) is 4. The highest BCUT2D eigenvalue weighted by molar-refractivity contribution is 5.96. The first-order valence-electron chi connectivity index (χ1n) is 9.88. The molecule has 0 spiro atoms. The standard InChI is InChI=1S/C21H25N5O2/c27-20(26-11-3-5-16-4-1-2-6-19(16)26)15-25-12-7-17(8-13-25)24-21(28)18-14-22-9-10-23-18/h1-2,4,6,9-10,14,17H,3,5,7-8,11-13,15H2,(H,24,28). The van der Waals surface area contributed by atoms with E-state index >= 15 is 0 Å². The largest absolute Gasteiger partial charge is 0.348 e. The topological polar surface area (TPSA) is 78.4 Å². The van der Waals surface area contributed by atoms with Crippen LogP contribution in [0.4, 0.5) is 5.69 Å². The molecule has 2 aliphatic rings. The van der Waals surface area contributed by atoms with Crippen LogP contribution in [-0.4, -0.2) is 58.9 Å². The molecule has 0 radical (unpaired) electrons. The van der Waals surface area contributed by atoms with Crippen LogP contribution in [0.2, 0.25) is 0 Å². The van der Waals surface area contributed by atoms with Gasteiger partial charge in [0.2, 0.25) is 5.91 Å². The molecule has 0 atom stereocenters. The molecule has 0 bridgehead atoms. The average Bonchev–Trinajstić information content (AvgIpc) is 2.75. The number of nitrogens with one attached hydrogen (secondary N) is 1. The van der Waals surface area contributed by atoms with Crippen LogP contribution in [-0.2, 0) is 11.2 Å². The highest BCUT2D eigenvalue weighted by atomic mass is 16.2. The number of hydrogen-bond acceptors (Lipinski definition) is 5. The zero-order valence-electron chi connectivity index (χ0n) is 15.9. The average molecular weight is 379 g/mol. The molecular formula is C21H25N5O2. The SMILES string of the molecule is O=C(NC1CCN(CC(=O)N2CCCc3ccccc32)CC1)c1cnccn1. The summed E-state index contributed by atoms with van der Waals surface area (Å²) in [6.07, 6.45) is 8.25. The fraction of sp³-hybridized carbons (Fsp3) is 0.429. The molecule has 0 unspecified atom stereocenters. The molecule has 28 heavy (non-hydrogen) atoms. The highest BCUT2D eigenvalue weighted by Crippen LogP contribution is 2.27. The molecule has 0 saturated carbocycles. The van der Waals surface area contributed by atoms with Gasteiger partial charge in [0.25, 0.3) is 5.91 Å². The Balaban J connectivity index is 1.28. The Kier molecular flexibility index (Phi) is 5.62. The molecule has 2 aromatic rings. The summed E-state index contributed by atoms with van der Waals surface area (Å²) in [4.78, 5) is 37.2. The van der Waals surface area contributed by atoms with Gasteiger partial charge < -0.3 is 10.2 Å². The number of likely N-dealkylation sites (tertiary alicyclic amines) is 1. The van der Waals surface area contributed by atoms with Crippen LogP contribution >= 0.6 is 0 Å². The molecule has 1 fully saturated rings. The van der Waals surface area contributed by atoms with Gasteiger partial charge in [-0.2, -0.15) is 0 Å². The molecule has 2 amide bonds. The number of benzene rings is 1. The van der Waals surface area contributed by atoms with Crippen molar-refractivity contribution in [2.24, 2.45) is 0 Å². The van der Waals surface area contributed by atoms with Gasteiger partial charge in [-0.05, 0) is 37.3 Å². The lowest BCUT2D eigenvalue weighted by atomic mass is 10.0. The molecule has 1 saturated heterocycles. The Morgan fingerprint density at radius 3 is 2.71 bits per heavy atom. The van der Waals surface area contributed by atoms with Gasteiger partial charge in [0.15, 0.2) is 0 Å². The third kappa shape index (κ3) is 4.20. The second-order valence-electron chi connectivity index (χ2n) is 7.39. The molecule has 2 aliphatic heterocycles. The van der Waals surface area contributed by atoms with E-state index in [0.717, 1.165) is 51.0 Å². The van der Waals surface area contributed by atoms with Gasteiger partial charge in [0.1, 0.15) is 5.69 Å². The van der Waals surface area contributed by atoms with Gasteiger partial charge in [-0.15, -0.1) is 0 Å². The number of anilines is 1. The third-order valence-electron chi connectivity index (χ3n) is 5.49. The van der Waals surface area contributed by atoms with Gasteiger partial charge in [-0.3, -0.25) is 19.5 Å². The first-order valence-corrected chi connectivity index (χ1v) is 9.88. The number of aryl methyl sites for hydroxylation is 1. The molecule has 7 heteroatoms. The number of para-hydroxylation sites is 1. The summed E-state index contributed by atoms with van der Waals surface area (Å²) in [6.45, 7) is 2.82. The lowest BCUT2D eigenvalue weighted by molar-refractivity contribution is -0.120. The summed E-state index contributed by atoms with van der Waals surface area (Å²) in [5.74, 6) is -0.0262. The van der Waals surface area contributed by atoms with Crippen LogP contribution in [0.3, 0.4) is 0 Å². The fourth-order valence-corrected chi connectivity index (χ4v) is 3.98. The Morgan fingerprint density at radius 2 is 1.93 bits per heavy atom. The number of amides is 2. The minimum atomic E-state index is -0.187. The zero-order valence-corrected chi connectivity index (χ0v) is 15.9. The summed E-state index contributed by atoms with van der Waals surface area (Å²) in [5, 5.41) is 3.02. The van der Waals surface area contributed by atoms with Crippen molar-refractivity contribution in [3.8, 4) is 0 Å². The monoisotopic (exact) mass is 379 g/mol. The lowest BCUT2D eigenvalue weighted by Gasteiger charge is -2.35. The molecule has 3 heterocycles. The normalized spacial score (nSPS) is 17.8. The molecule has 1 aromatic heterocycles. The molecule has 1 N–H and O–H groups in total. The van der Waals surface area contributed by atoms with Gasteiger partial charge in [-0.1, -0.05) is 18.2 Å². The van der Waals surface area contributed by atoms with E-state index in [0.29, 0.717) is 12.2 Å². The lowest BCUT2D eigenvalue weighted by Crippen LogP contribution is -2.48. The maximum Gasteiger partial charge on any atom is 0.271 e. The van der Waals surface area contributed by atoms with Crippen molar-refractivity contribution in [3.63, 3.8) is 0 Å². The summed E-state index contributed by atoms with van der Waals surface area (Å²) in [7, 11) is 0. The van der Waals surface area contributed by atoms with Crippen LogP contribution in [0.5, 0.6) is 0 Å². The summed E-state index contributed by atoms with van der Waals surface area (Å²) in [5.41, 5.74) is 2.65. The zero-order chi connectivity index (χ0) is 19.3. The fourth-order valence-electron chi connectivity index (χ4n) is 3.98. The number of carbonyl (C=O) groups excluding carboxylic acids is 2. The number of aromatic nitrogens is 2. The van der Waals surface area contributed by atoms with Crippen molar-refractivity contribution < 1.29 is 9.59 Å². The van der Waals surface area contributed by atoms with Crippen molar-refractivity contribution in [1.29, 1.82) is 0 Å². The second kappa shape index (κ2) is 8.48. The Labute approximate surface area is 164 Å². The van der Waals surface area contributed by atoms with Gasteiger partial charge in [0.05, 0.1) is 12.7 Å². The molecule has 0 aliphatic carbocycles. The van der Waals surface area contributed by atoms with E-state index in [-0.39, 0.29) is 17.9 Å². The molecule has 4 rings (SSSR count). The van der Waals surface area contributed by atoms with E-state index in [1.807, 2.05) is 23.1 Å². The van der Waals surface area contributed by atoms with E-state index in [2.05, 4.69) is 26.3 Å². The number of rotatable bonds is 4. The molecule has 7 nitrogen and oxygen atoms in total. The van der Waals surface area contributed by atoms with Crippen LogP contribution < -0.4 is 10.2 Å².